The second kappa shape index (κ2) is 2.56. The number of hydrogen-bond donors (Lipinski definition) is 1. The summed E-state index contributed by atoms with van der Waals surface area (Å²) < 4.78 is 1.48. The molecule has 4 rings (SSSR count). The molecule has 2 aliphatic carbocycles. The van der Waals surface area contributed by atoms with Crippen LogP contribution in [0.4, 0.5) is 0 Å². The molecule has 1 spiro atoms. The van der Waals surface area contributed by atoms with Crippen molar-refractivity contribution in [3.63, 3.8) is 0 Å². The monoisotopic (exact) mass is 215 g/mol. The van der Waals surface area contributed by atoms with Gasteiger partial charge in [-0.2, -0.15) is 9.61 Å². The number of nitrogens with zero attached hydrogens (tertiary/aromatic N) is 2. The molecule has 0 atom stereocenters. The van der Waals surface area contributed by atoms with E-state index in [0.29, 0.717) is 5.41 Å². The molecule has 1 saturated carbocycles. The van der Waals surface area contributed by atoms with E-state index in [4.69, 9.17) is 0 Å². The Labute approximate surface area is 92.3 Å². The van der Waals surface area contributed by atoms with Crippen molar-refractivity contribution in [1.29, 1.82) is 0 Å². The van der Waals surface area contributed by atoms with Crippen LogP contribution in [-0.4, -0.2) is 14.6 Å². The molecule has 0 bridgehead atoms. The molecule has 2 heterocycles. The summed E-state index contributed by atoms with van der Waals surface area (Å²) in [5.41, 5.74) is 3.39. The van der Waals surface area contributed by atoms with E-state index in [2.05, 4.69) is 10.1 Å². The van der Waals surface area contributed by atoms with Gasteiger partial charge in [-0.25, -0.2) is 0 Å². The Bertz CT molecular complexity index is 633. The molecule has 4 nitrogen and oxygen atoms in total. The van der Waals surface area contributed by atoms with Crippen LogP contribution >= 0.6 is 0 Å². The Hall–Kier alpha value is -1.58. The van der Waals surface area contributed by atoms with E-state index in [1.54, 1.807) is 6.20 Å². The van der Waals surface area contributed by atoms with Crippen LogP contribution in [0.2, 0.25) is 0 Å². The normalized spacial score (nSPS) is 21.2. The van der Waals surface area contributed by atoms with Gasteiger partial charge in [0, 0.05) is 22.7 Å². The maximum Gasteiger partial charge on any atom is 0.277 e. The Balaban J connectivity index is 2.10. The van der Waals surface area contributed by atoms with Crippen molar-refractivity contribution >= 4 is 5.65 Å². The Morgan fingerprint density at radius 3 is 3.00 bits per heavy atom. The quantitative estimate of drug-likeness (QED) is 0.722. The molecule has 0 radical (unpaired) electrons. The second-order valence-corrected chi connectivity index (χ2v) is 5.05. The molecule has 0 unspecified atom stereocenters. The van der Waals surface area contributed by atoms with E-state index in [1.807, 2.05) is 6.07 Å². The van der Waals surface area contributed by atoms with Crippen LogP contribution in [0.15, 0.2) is 17.1 Å². The van der Waals surface area contributed by atoms with Crippen LogP contribution in [0.25, 0.3) is 5.65 Å². The lowest BCUT2D eigenvalue weighted by molar-refractivity contribution is 0.238. The van der Waals surface area contributed by atoms with Crippen molar-refractivity contribution in [1.82, 2.24) is 14.6 Å². The number of aromatic amines is 1. The minimum absolute atomic E-state index is 0.0810. The summed E-state index contributed by atoms with van der Waals surface area (Å²) in [7, 11) is 0. The summed E-state index contributed by atoms with van der Waals surface area (Å²) >= 11 is 0. The summed E-state index contributed by atoms with van der Waals surface area (Å²) in [6.07, 6.45) is 7.50. The van der Waals surface area contributed by atoms with Gasteiger partial charge in [0.2, 0.25) is 0 Å². The van der Waals surface area contributed by atoms with Gasteiger partial charge < -0.3 is 4.98 Å². The van der Waals surface area contributed by atoms with Crippen molar-refractivity contribution in [3.8, 4) is 0 Å². The maximum absolute atomic E-state index is 12.2. The van der Waals surface area contributed by atoms with Crippen LogP contribution in [0.3, 0.4) is 0 Å². The minimum Gasteiger partial charge on any atom is -0.343 e. The second-order valence-electron chi connectivity index (χ2n) is 5.05. The molecule has 0 aromatic carbocycles. The van der Waals surface area contributed by atoms with Crippen LogP contribution < -0.4 is 5.56 Å². The van der Waals surface area contributed by atoms with E-state index in [-0.39, 0.29) is 5.56 Å². The third-order valence-electron chi connectivity index (χ3n) is 4.34. The van der Waals surface area contributed by atoms with Gasteiger partial charge in [0.15, 0.2) is 0 Å². The van der Waals surface area contributed by atoms with Crippen LogP contribution in [0.1, 0.15) is 36.9 Å². The summed E-state index contributed by atoms with van der Waals surface area (Å²) in [4.78, 5) is 15.6. The third-order valence-corrected chi connectivity index (χ3v) is 4.34. The number of fused-ring (bicyclic) bond motifs is 3. The zero-order chi connectivity index (χ0) is 10.8. The Morgan fingerprint density at radius 1 is 1.38 bits per heavy atom. The van der Waals surface area contributed by atoms with Crippen LogP contribution in [0, 0.1) is 0 Å². The zero-order valence-electron chi connectivity index (χ0n) is 8.99. The maximum atomic E-state index is 12.2. The van der Waals surface area contributed by atoms with Gasteiger partial charge in [0.1, 0.15) is 5.65 Å². The number of aromatic nitrogens is 3. The average Bonchev–Trinajstić information content (AvgIpc) is 2.80. The minimum atomic E-state index is 0.0810. The fourth-order valence-electron chi connectivity index (χ4n) is 3.28. The van der Waals surface area contributed by atoms with Crippen molar-refractivity contribution in [2.75, 3.05) is 0 Å². The van der Waals surface area contributed by atoms with Gasteiger partial charge in [-0.1, -0.05) is 6.42 Å². The predicted octanol–water partition coefficient (Wildman–Crippen LogP) is 1.39. The van der Waals surface area contributed by atoms with E-state index in [1.165, 1.54) is 29.5 Å². The molecule has 16 heavy (non-hydrogen) atoms. The van der Waals surface area contributed by atoms with Crippen molar-refractivity contribution < 1.29 is 0 Å². The largest absolute Gasteiger partial charge is 0.343 e. The first-order valence-electron chi connectivity index (χ1n) is 5.90. The Morgan fingerprint density at radius 2 is 2.25 bits per heavy atom. The molecular weight excluding hydrogens is 202 g/mol. The summed E-state index contributed by atoms with van der Waals surface area (Å²) in [6, 6.07) is 1.87. The molecule has 2 aliphatic rings. The lowest BCUT2D eigenvalue weighted by atomic mass is 9.67. The highest BCUT2D eigenvalue weighted by molar-refractivity contribution is 5.44. The van der Waals surface area contributed by atoms with Crippen molar-refractivity contribution in [3.05, 3.63) is 33.9 Å². The molecule has 2 aromatic rings. The first-order chi connectivity index (χ1) is 7.80. The smallest absolute Gasteiger partial charge is 0.277 e. The highest BCUT2D eigenvalue weighted by atomic mass is 16.1. The number of rotatable bonds is 0. The zero-order valence-corrected chi connectivity index (χ0v) is 8.99. The average molecular weight is 215 g/mol. The molecule has 1 N–H and O–H groups in total. The number of hydrogen-bond acceptors (Lipinski definition) is 2. The van der Waals surface area contributed by atoms with E-state index < -0.39 is 0 Å². The Kier molecular flexibility index (Phi) is 1.37. The SMILES string of the molecule is O=c1c2c([nH]c3ccnn13)C1(CCC1)CC2. The third kappa shape index (κ3) is 0.821. The van der Waals surface area contributed by atoms with Crippen LogP contribution in [0.5, 0.6) is 0 Å². The molecule has 1 fully saturated rings. The first-order valence-corrected chi connectivity index (χ1v) is 5.90. The molecule has 0 aliphatic heterocycles. The summed E-state index contributed by atoms with van der Waals surface area (Å²) in [5.74, 6) is 0. The van der Waals surface area contributed by atoms with Crippen molar-refractivity contribution in [2.24, 2.45) is 0 Å². The lowest BCUT2D eigenvalue weighted by Crippen LogP contribution is -2.33. The van der Waals surface area contributed by atoms with E-state index in [0.717, 1.165) is 24.1 Å². The van der Waals surface area contributed by atoms with Crippen molar-refractivity contribution in [2.45, 2.75) is 37.5 Å². The molecular formula is C12H13N3O. The van der Waals surface area contributed by atoms with E-state index in [9.17, 15) is 4.79 Å². The highest BCUT2D eigenvalue weighted by Crippen LogP contribution is 2.50. The van der Waals surface area contributed by atoms with Gasteiger partial charge in [0.25, 0.3) is 5.56 Å². The topological polar surface area (TPSA) is 50.2 Å². The summed E-state index contributed by atoms with van der Waals surface area (Å²) in [6.45, 7) is 0. The van der Waals surface area contributed by atoms with Gasteiger partial charge in [0.05, 0.1) is 6.20 Å². The number of H-pyrrole nitrogens is 1. The predicted molar refractivity (Wildman–Crippen MR) is 59.7 cm³/mol. The molecule has 4 heteroatoms. The van der Waals surface area contributed by atoms with Gasteiger partial charge in [-0.3, -0.25) is 4.79 Å². The molecule has 0 amide bonds. The van der Waals surface area contributed by atoms with Gasteiger partial charge in [-0.15, -0.1) is 0 Å². The number of nitrogens with one attached hydrogen (secondary N) is 1. The molecule has 2 aromatic heterocycles. The fraction of sp³-hybridized carbons (Fsp3) is 0.500. The molecule has 0 saturated heterocycles. The van der Waals surface area contributed by atoms with Gasteiger partial charge in [-0.05, 0) is 25.7 Å². The summed E-state index contributed by atoms with van der Waals surface area (Å²) in [5, 5.41) is 4.06. The lowest BCUT2D eigenvalue weighted by Gasteiger charge is -2.38. The van der Waals surface area contributed by atoms with Gasteiger partial charge >= 0.3 is 0 Å². The van der Waals surface area contributed by atoms with E-state index >= 15 is 0 Å². The standard InChI is InChI=1S/C12H13N3O/c16-11-8-2-6-12(4-1-5-12)10(8)14-9-3-7-13-15(9)11/h3,7,14H,1-2,4-6H2. The first kappa shape index (κ1) is 8.56. The van der Waals surface area contributed by atoms with Crippen LogP contribution in [-0.2, 0) is 11.8 Å². The molecule has 82 valence electrons. The fourth-order valence-corrected chi connectivity index (χ4v) is 3.28. The highest BCUT2D eigenvalue weighted by Gasteiger charge is 2.45.